The summed E-state index contributed by atoms with van der Waals surface area (Å²) in [6.07, 6.45) is -0.592. The average Bonchev–Trinajstić information content (AvgIpc) is 1.63. The van der Waals surface area contributed by atoms with Gasteiger partial charge in [0.1, 0.15) is 0 Å². The van der Waals surface area contributed by atoms with Gasteiger partial charge in [0.25, 0.3) is 0 Å². The van der Waals surface area contributed by atoms with Crippen LogP contribution in [0.1, 0.15) is 6.92 Å². The third kappa shape index (κ3) is 7.58. The number of hydrogen-bond acceptors (Lipinski definition) is 2. The minimum Gasteiger partial charge on any atom is -0.468 e. The van der Waals surface area contributed by atoms with Crippen LogP contribution in [0.5, 0.6) is 0 Å². The van der Waals surface area contributed by atoms with Crippen LogP contribution in [0.4, 0.5) is 4.39 Å². The Hall–Kier alpha value is -0.420. The standard InChI is InChI=1S/C4H7FO3S/c1-4(5)8-2-3-9(6)7/h2-4H,1H3,(H,6,7). The zero-order valence-corrected chi connectivity index (χ0v) is 5.60. The topological polar surface area (TPSA) is 46.5 Å². The minimum absolute atomic E-state index is 0.829. The third-order valence-electron chi connectivity index (χ3n) is 0.438. The maximum atomic E-state index is 11.7. The van der Waals surface area contributed by atoms with Gasteiger partial charge in [-0.15, -0.1) is 0 Å². The van der Waals surface area contributed by atoms with Gasteiger partial charge < -0.3 is 9.29 Å². The maximum Gasteiger partial charge on any atom is 0.234 e. The lowest BCUT2D eigenvalue weighted by Crippen LogP contribution is -1.92. The molecule has 1 N–H and O–H groups in total. The molecule has 0 radical (unpaired) electrons. The van der Waals surface area contributed by atoms with Gasteiger partial charge in [-0.1, -0.05) is 0 Å². The molecule has 0 rings (SSSR count). The van der Waals surface area contributed by atoms with E-state index in [0.29, 0.717) is 0 Å². The largest absolute Gasteiger partial charge is 0.468 e. The van der Waals surface area contributed by atoms with Crippen molar-refractivity contribution in [1.29, 1.82) is 0 Å². The van der Waals surface area contributed by atoms with Gasteiger partial charge in [0.2, 0.25) is 6.36 Å². The maximum absolute atomic E-state index is 11.7. The van der Waals surface area contributed by atoms with Crippen LogP contribution in [0.3, 0.4) is 0 Å². The molecular weight excluding hydrogens is 147 g/mol. The monoisotopic (exact) mass is 154 g/mol. The predicted molar refractivity (Wildman–Crippen MR) is 31.6 cm³/mol. The molecule has 0 aliphatic rings. The van der Waals surface area contributed by atoms with Crippen LogP contribution in [0, 0.1) is 0 Å². The molecule has 0 aromatic carbocycles. The van der Waals surface area contributed by atoms with Gasteiger partial charge >= 0.3 is 0 Å². The van der Waals surface area contributed by atoms with Crippen LogP contribution in [0.2, 0.25) is 0 Å². The summed E-state index contributed by atoms with van der Waals surface area (Å²) in [6, 6.07) is 0. The lowest BCUT2D eigenvalue weighted by Gasteiger charge is -1.96. The SMILES string of the molecule is CC(F)OC=CS(=O)O. The Morgan fingerprint density at radius 3 is 2.78 bits per heavy atom. The fraction of sp³-hybridized carbons (Fsp3) is 0.500. The number of halogens is 1. The van der Waals surface area contributed by atoms with Crippen molar-refractivity contribution >= 4 is 11.1 Å². The van der Waals surface area contributed by atoms with E-state index in [2.05, 4.69) is 4.74 Å². The molecule has 0 spiro atoms. The average molecular weight is 154 g/mol. The molecule has 0 aliphatic carbocycles. The molecule has 0 saturated heterocycles. The van der Waals surface area contributed by atoms with Crippen molar-refractivity contribution < 1.29 is 17.9 Å². The van der Waals surface area contributed by atoms with Crippen LogP contribution < -0.4 is 0 Å². The molecule has 54 valence electrons. The molecule has 0 aromatic heterocycles. The Bertz CT molecular complexity index is 123. The first-order chi connectivity index (χ1) is 4.13. The second-order valence-electron chi connectivity index (χ2n) is 1.23. The summed E-state index contributed by atoms with van der Waals surface area (Å²) in [5.41, 5.74) is 0. The predicted octanol–water partition coefficient (Wildman–Crippen LogP) is 1.01. The summed E-state index contributed by atoms with van der Waals surface area (Å²) in [7, 11) is 0. The molecule has 9 heavy (non-hydrogen) atoms. The summed E-state index contributed by atoms with van der Waals surface area (Å²) >= 11 is -2.05. The molecule has 2 unspecified atom stereocenters. The van der Waals surface area contributed by atoms with Crippen LogP contribution in [-0.2, 0) is 15.8 Å². The summed E-state index contributed by atoms with van der Waals surface area (Å²) in [4.78, 5) is 0. The molecule has 2 atom stereocenters. The minimum atomic E-state index is -2.05. The van der Waals surface area contributed by atoms with Crippen molar-refractivity contribution in [2.75, 3.05) is 0 Å². The summed E-state index contributed by atoms with van der Waals surface area (Å²) in [6.45, 7) is 1.17. The van der Waals surface area contributed by atoms with E-state index in [1.807, 2.05) is 0 Å². The van der Waals surface area contributed by atoms with Crippen molar-refractivity contribution in [3.63, 3.8) is 0 Å². The van der Waals surface area contributed by atoms with Gasteiger partial charge in [-0.3, -0.25) is 0 Å². The Morgan fingerprint density at radius 1 is 1.89 bits per heavy atom. The Balaban J connectivity index is 3.36. The van der Waals surface area contributed by atoms with Gasteiger partial charge in [-0.05, 0) is 0 Å². The van der Waals surface area contributed by atoms with E-state index in [-0.39, 0.29) is 0 Å². The first kappa shape index (κ1) is 8.58. The van der Waals surface area contributed by atoms with Gasteiger partial charge in [-0.25, -0.2) is 8.60 Å². The first-order valence-electron chi connectivity index (χ1n) is 2.19. The molecule has 0 fully saturated rings. The fourth-order valence-corrected chi connectivity index (χ4v) is 0.347. The molecule has 0 aromatic rings. The van der Waals surface area contributed by atoms with Crippen molar-refractivity contribution in [3.8, 4) is 0 Å². The number of ether oxygens (including phenoxy) is 1. The van der Waals surface area contributed by atoms with E-state index in [9.17, 15) is 8.60 Å². The molecule has 5 heteroatoms. The number of hydrogen-bond donors (Lipinski definition) is 1. The quantitative estimate of drug-likeness (QED) is 0.487. The highest BCUT2D eigenvalue weighted by Crippen LogP contribution is 1.91. The lowest BCUT2D eigenvalue weighted by atomic mass is 10.8. The highest BCUT2D eigenvalue weighted by atomic mass is 32.2. The van der Waals surface area contributed by atoms with Gasteiger partial charge in [0, 0.05) is 6.92 Å². The van der Waals surface area contributed by atoms with Crippen LogP contribution in [0.15, 0.2) is 11.7 Å². The Kier molecular flexibility index (Phi) is 4.25. The first-order valence-corrected chi connectivity index (χ1v) is 3.36. The van der Waals surface area contributed by atoms with Crippen molar-refractivity contribution in [2.24, 2.45) is 0 Å². The zero-order valence-electron chi connectivity index (χ0n) is 4.78. The van der Waals surface area contributed by atoms with Gasteiger partial charge in [0.05, 0.1) is 11.7 Å². The zero-order chi connectivity index (χ0) is 7.28. The summed E-state index contributed by atoms with van der Waals surface area (Å²) < 4.78 is 33.7. The van der Waals surface area contributed by atoms with Crippen LogP contribution >= 0.6 is 0 Å². The lowest BCUT2D eigenvalue weighted by molar-refractivity contribution is 0.0422. The molecule has 0 amide bonds. The normalized spacial score (nSPS) is 17.7. The van der Waals surface area contributed by atoms with E-state index in [1.165, 1.54) is 6.92 Å². The Morgan fingerprint density at radius 2 is 2.44 bits per heavy atom. The third-order valence-corrected chi connectivity index (χ3v) is 0.782. The number of alkyl halides is 1. The second-order valence-corrected chi connectivity index (χ2v) is 2.05. The molecule has 3 nitrogen and oxygen atoms in total. The summed E-state index contributed by atoms with van der Waals surface area (Å²) in [5, 5.41) is 0.829. The van der Waals surface area contributed by atoms with Gasteiger partial charge in [0.15, 0.2) is 11.1 Å². The molecule has 0 heterocycles. The molecule has 0 bridgehead atoms. The van der Waals surface area contributed by atoms with E-state index in [4.69, 9.17) is 4.55 Å². The van der Waals surface area contributed by atoms with E-state index in [1.54, 1.807) is 0 Å². The van der Waals surface area contributed by atoms with Crippen molar-refractivity contribution in [2.45, 2.75) is 13.3 Å². The highest BCUT2D eigenvalue weighted by Gasteiger charge is 1.90. The van der Waals surface area contributed by atoms with E-state index < -0.39 is 17.4 Å². The van der Waals surface area contributed by atoms with Gasteiger partial charge in [-0.2, -0.15) is 0 Å². The molecule has 0 aliphatic heterocycles. The molecule has 0 saturated carbocycles. The number of rotatable bonds is 3. The smallest absolute Gasteiger partial charge is 0.234 e. The van der Waals surface area contributed by atoms with Crippen molar-refractivity contribution in [3.05, 3.63) is 11.7 Å². The van der Waals surface area contributed by atoms with Crippen LogP contribution in [0.25, 0.3) is 0 Å². The fourth-order valence-electron chi connectivity index (χ4n) is 0.188. The van der Waals surface area contributed by atoms with E-state index >= 15 is 0 Å². The summed E-state index contributed by atoms with van der Waals surface area (Å²) in [5.74, 6) is 0. The van der Waals surface area contributed by atoms with Crippen LogP contribution in [-0.4, -0.2) is 15.1 Å². The van der Waals surface area contributed by atoms with E-state index in [0.717, 1.165) is 11.7 Å². The van der Waals surface area contributed by atoms with Crippen molar-refractivity contribution in [1.82, 2.24) is 0 Å². The highest BCUT2D eigenvalue weighted by molar-refractivity contribution is 7.82. The molecular formula is C4H7FO3S. The Labute approximate surface area is 54.8 Å². The second kappa shape index (κ2) is 4.46.